The van der Waals surface area contributed by atoms with Gasteiger partial charge < -0.3 is 51.9 Å². The van der Waals surface area contributed by atoms with Crippen molar-refractivity contribution in [2.75, 3.05) is 51.8 Å². The Balaban J connectivity index is 0.00000211. The summed E-state index contributed by atoms with van der Waals surface area (Å²) in [6, 6.07) is 14.4. The van der Waals surface area contributed by atoms with Crippen molar-refractivity contribution in [3.05, 3.63) is 71.8 Å². The van der Waals surface area contributed by atoms with Gasteiger partial charge in [0, 0.05) is 179 Å². The summed E-state index contributed by atoms with van der Waals surface area (Å²) in [7, 11) is 1.64. The van der Waals surface area contributed by atoms with Gasteiger partial charge in [-0.1, -0.05) is 152 Å². The van der Waals surface area contributed by atoms with E-state index in [-0.39, 0.29) is 167 Å². The molecule has 0 bridgehead atoms. The van der Waals surface area contributed by atoms with E-state index in [4.69, 9.17) is 14.7 Å². The predicted octanol–water partition coefficient (Wildman–Crippen LogP) is 10.1. The zero-order valence-corrected chi connectivity index (χ0v) is 82.8. The second-order valence-electron chi connectivity index (χ2n) is 35.2. The number of amides is 9. The van der Waals surface area contributed by atoms with E-state index in [1.807, 2.05) is 30.3 Å². The third kappa shape index (κ3) is 64.9. The standard InChI is InChI=1S/C38H46N2O13S.C36H60N4O11.C24H42N2O7.CO2/c1-22(13-23-9-5-3-6-10-23)30(41)15-25(14-24-11-7-4-8-12-24)36(50)39-28(19-34(46)47)31(42)16-26(18-33(44)45)37(51)40-29(20-35(48)49)32(43)17-27(21-54-2)38(52)53;1-28-27-35(47)37(36(28)48)26-22-32(44)17-11-5-8-14-25-40(51)34(46)21-19-31(43)16-10-4-7-13-24-39(50)33(45)20-18-30(42)15-9-3-6-12-23-38(49)29(2)41;1-25-21(28)15-10-5-3-2-4-8-13-20(27)14-9-6-7-12-19(24(32)33)18-22(29)26-17-11-16-23(30)31;2-1-3/h3-12,22,25-29H,13-21H2,1-2H3,(H,39,50)(H,40,51)(H,44,45)(H,46,47)(H,48,49)(H,52,53);28,49-51H,3-27H2,1-2H3;19H,2-18H2,1H3,(H,25,28)(H,26,29)(H,30,31)(H,32,33);/t22-,25+,26-,27-,28-,29-;;19-;/m0.1./s1. The Morgan fingerprint density at radius 1 is 0.418 bits per heavy atom. The van der Waals surface area contributed by atoms with Gasteiger partial charge in [-0.3, -0.25) is 126 Å². The second kappa shape index (κ2) is 77.7. The number of imide groups is 1. The summed E-state index contributed by atoms with van der Waals surface area (Å²) < 4.78 is 0. The van der Waals surface area contributed by atoms with Crippen LogP contribution in [0.4, 0.5) is 0 Å². The Bertz CT molecular complexity index is 4320. The summed E-state index contributed by atoms with van der Waals surface area (Å²) >= 11 is 1.13. The molecule has 41 nitrogen and oxygen atoms in total. The number of carboxylic acid groups (broad SMARTS) is 6. The fraction of sp³-hybridized carbons (Fsp3) is 0.646. The van der Waals surface area contributed by atoms with Gasteiger partial charge in [0.15, 0.2) is 11.6 Å². The van der Waals surface area contributed by atoms with Crippen LogP contribution in [0.15, 0.2) is 60.7 Å². The normalized spacial score (nSPS) is 13.3. The number of unbranched alkanes of at least 4 members (excludes halogenated alkanes) is 16. The fourth-order valence-corrected chi connectivity index (χ4v) is 15.6. The maximum atomic E-state index is 13.7. The highest BCUT2D eigenvalue weighted by molar-refractivity contribution is 7.98. The molecule has 141 heavy (non-hydrogen) atoms. The van der Waals surface area contributed by atoms with Gasteiger partial charge in [-0.2, -0.15) is 21.4 Å². The number of carbonyl (C=O) groups excluding carboxylic acids is 18. The number of carbonyl (C=O) groups is 22. The molecule has 0 aromatic heterocycles. The number of hydroxylamine groups is 6. The molecule has 1 fully saturated rings. The van der Waals surface area contributed by atoms with Crippen LogP contribution in [0, 0.1) is 35.5 Å². The minimum atomic E-state index is -1.76. The summed E-state index contributed by atoms with van der Waals surface area (Å²) in [5.41, 5.74) is 1.60. The average Bonchev–Trinajstić information content (AvgIpc) is 1.77. The van der Waals surface area contributed by atoms with Crippen molar-refractivity contribution in [1.82, 2.24) is 41.4 Å². The van der Waals surface area contributed by atoms with Crippen LogP contribution in [0.2, 0.25) is 0 Å². The number of rotatable bonds is 78. The van der Waals surface area contributed by atoms with Crippen molar-refractivity contribution in [2.24, 2.45) is 35.5 Å². The van der Waals surface area contributed by atoms with Crippen molar-refractivity contribution in [1.29, 1.82) is 0 Å². The van der Waals surface area contributed by atoms with E-state index in [9.17, 15) is 147 Å². The molecular formula is C99H148N8O33S. The van der Waals surface area contributed by atoms with E-state index < -0.39 is 151 Å². The largest absolute Gasteiger partial charge is 0.481 e. The van der Waals surface area contributed by atoms with Gasteiger partial charge in [0.1, 0.15) is 28.9 Å². The van der Waals surface area contributed by atoms with Gasteiger partial charge in [0.05, 0.1) is 49.1 Å². The molecule has 1 heterocycles. The number of likely N-dealkylation sites (tertiary alicyclic amines) is 1. The number of hydrogen-bond acceptors (Lipinski definition) is 28. The number of aliphatic carboxylic acids is 6. The molecule has 2 aromatic carbocycles. The Labute approximate surface area is 826 Å². The number of thioether (sulfide) groups is 1. The molecule has 1 aliphatic heterocycles. The van der Waals surface area contributed by atoms with Crippen LogP contribution in [-0.4, -0.2) is 266 Å². The zero-order chi connectivity index (χ0) is 106. The van der Waals surface area contributed by atoms with E-state index in [0.29, 0.717) is 143 Å². The van der Waals surface area contributed by atoms with Crippen LogP contribution in [0.3, 0.4) is 0 Å². The van der Waals surface area contributed by atoms with Crippen molar-refractivity contribution in [2.45, 2.75) is 322 Å². The zero-order valence-electron chi connectivity index (χ0n) is 82.0. The van der Waals surface area contributed by atoms with E-state index >= 15 is 0 Å². The third-order valence-corrected chi connectivity index (χ3v) is 23.9. The summed E-state index contributed by atoms with van der Waals surface area (Å²) in [6.07, 6.45) is 17.2. The minimum Gasteiger partial charge on any atom is -0.481 e. The summed E-state index contributed by atoms with van der Waals surface area (Å²) in [6.45, 7) is 5.58. The van der Waals surface area contributed by atoms with Crippen molar-refractivity contribution in [3.63, 3.8) is 0 Å². The smallest absolute Gasteiger partial charge is 0.373 e. The highest BCUT2D eigenvalue weighted by atomic mass is 32.2. The van der Waals surface area contributed by atoms with Gasteiger partial charge in [0.2, 0.25) is 53.2 Å². The lowest BCUT2D eigenvalue weighted by molar-refractivity contribution is -0.192. The van der Waals surface area contributed by atoms with Crippen LogP contribution in [-0.2, 0) is 128 Å². The van der Waals surface area contributed by atoms with E-state index in [0.717, 1.165) is 88.0 Å². The van der Waals surface area contributed by atoms with E-state index in [2.05, 4.69) is 21.3 Å². The Hall–Kier alpha value is -12.0. The fourth-order valence-electron chi connectivity index (χ4n) is 15.0. The maximum absolute atomic E-state index is 13.7. The quantitative estimate of drug-likeness (QED) is 0.0127. The number of Topliss-reactive ketones (excluding diaryl/α,β-unsaturated/α-hetero) is 7. The maximum Gasteiger partial charge on any atom is 0.373 e. The molecule has 3 rings (SSSR count). The Morgan fingerprint density at radius 2 is 0.801 bits per heavy atom. The van der Waals surface area contributed by atoms with Gasteiger partial charge in [0.25, 0.3) is 0 Å². The molecule has 1 unspecified atom stereocenters. The molecule has 0 saturated carbocycles. The molecule has 0 aliphatic carbocycles. The molecule has 8 atom stereocenters. The molecule has 0 spiro atoms. The molecule has 13 N–H and O–H groups in total. The number of hydrogen-bond donors (Lipinski definition) is 13. The summed E-state index contributed by atoms with van der Waals surface area (Å²) in [5.74, 6) is -19.8. The number of ketones is 7. The number of carboxylic acids is 6. The lowest BCUT2D eigenvalue weighted by Crippen LogP contribution is -2.49. The molecule has 0 radical (unpaired) electrons. The van der Waals surface area contributed by atoms with Crippen LogP contribution < -0.4 is 21.3 Å². The summed E-state index contributed by atoms with van der Waals surface area (Å²) in [4.78, 5) is 283. The van der Waals surface area contributed by atoms with E-state index in [1.54, 1.807) is 57.5 Å². The first kappa shape index (κ1) is 129. The number of nitrogens with zero attached hydrogens (tertiary/aromatic N) is 4. The molecule has 788 valence electrons. The molecule has 2 aromatic rings. The van der Waals surface area contributed by atoms with Gasteiger partial charge in [-0.15, -0.1) is 0 Å². The van der Waals surface area contributed by atoms with Crippen LogP contribution >= 0.6 is 11.8 Å². The third-order valence-electron chi connectivity index (χ3n) is 23.2. The van der Waals surface area contributed by atoms with Crippen LogP contribution in [0.25, 0.3) is 0 Å². The molecule has 9 amide bonds. The number of benzene rings is 2. The molecule has 42 heteroatoms. The highest BCUT2D eigenvalue weighted by Gasteiger charge is 2.38. The highest BCUT2D eigenvalue weighted by Crippen LogP contribution is 2.25. The first-order valence-electron chi connectivity index (χ1n) is 48.3. The molecule has 1 saturated heterocycles. The van der Waals surface area contributed by atoms with E-state index in [1.165, 1.54) is 11.8 Å². The van der Waals surface area contributed by atoms with Crippen molar-refractivity contribution >= 4 is 147 Å². The van der Waals surface area contributed by atoms with Gasteiger partial charge >= 0.3 is 42.0 Å². The lowest BCUT2D eigenvalue weighted by atomic mass is 9.87. The van der Waals surface area contributed by atoms with Crippen LogP contribution in [0.1, 0.15) is 308 Å². The van der Waals surface area contributed by atoms with Gasteiger partial charge in [-0.05, 0) is 101 Å². The Kier molecular flexibility index (Phi) is 71.1. The Morgan fingerprint density at radius 3 is 1.21 bits per heavy atom. The number of nitrogens with one attached hydrogen (secondary N) is 4. The first-order valence-corrected chi connectivity index (χ1v) is 49.7. The first-order chi connectivity index (χ1) is 66.9. The lowest BCUT2D eigenvalue weighted by Gasteiger charge is -2.24. The van der Waals surface area contributed by atoms with Crippen molar-refractivity contribution in [3.8, 4) is 0 Å². The van der Waals surface area contributed by atoms with Gasteiger partial charge in [-0.25, -0.2) is 15.2 Å². The predicted molar refractivity (Wildman–Crippen MR) is 509 cm³/mol. The second-order valence-corrected chi connectivity index (χ2v) is 36.1. The molecule has 1 aliphatic rings. The minimum absolute atomic E-state index is 0.00865. The topological polar surface area (TPSA) is 653 Å². The summed E-state index contributed by atoms with van der Waals surface area (Å²) in [5, 5.41) is 96.7. The average molecular weight is 2010 g/mol. The SMILES string of the molecule is CC(=O)N(O)CCCCCCC(=O)CCC(=O)N(O)CCCCCCC(=O)CCC(=O)N(O)CCCCCCC(=O)CCN1C(=O)CC(C)C1=O.CNC(=O)CCCCCCCCC(=O)CCCCC[C@H](CC(=O)NCCCC(=O)O)C(=O)O.CSC[C@H](CC(=O)[C@H](CC(=O)O)NC(=O)[C@H](CC(=O)O)CC(=O)[C@H](CC(=O)O)NC(=O)[C@@H](CC(=O)[C@@H](C)Cc1ccccc1)Cc1ccccc1)C(=O)O.O=C=O. The van der Waals surface area contributed by atoms with Crippen LogP contribution in [0.5, 0.6) is 0 Å². The monoisotopic (exact) mass is 2010 g/mol. The molecular weight excluding hydrogens is 1860 g/mol. The van der Waals surface area contributed by atoms with Crippen molar-refractivity contribution < 1.29 is 161 Å².